The predicted molar refractivity (Wildman–Crippen MR) is 166 cm³/mol. The fraction of sp³-hybridized carbons (Fsp3) is 0.438. The van der Waals surface area contributed by atoms with Crippen molar-refractivity contribution in [1.29, 1.82) is 0 Å². The monoisotopic (exact) mass is 606 g/mol. The van der Waals surface area contributed by atoms with Crippen LogP contribution < -0.4 is 10.2 Å². The van der Waals surface area contributed by atoms with Gasteiger partial charge in [0.1, 0.15) is 11.2 Å². The van der Waals surface area contributed by atoms with Gasteiger partial charge in [-0.1, -0.05) is 17.7 Å². The van der Waals surface area contributed by atoms with Crippen molar-refractivity contribution in [3.05, 3.63) is 58.7 Å². The summed E-state index contributed by atoms with van der Waals surface area (Å²) >= 11 is 1.55. The summed E-state index contributed by atoms with van der Waals surface area (Å²) in [7, 11) is 0. The molecule has 2 heterocycles. The number of ether oxygens (including phenoxy) is 2. The van der Waals surface area contributed by atoms with Gasteiger partial charge in [0.05, 0.1) is 27.6 Å². The van der Waals surface area contributed by atoms with Crippen LogP contribution in [0, 0.1) is 12.8 Å². The van der Waals surface area contributed by atoms with E-state index in [0.29, 0.717) is 18.4 Å². The van der Waals surface area contributed by atoms with Crippen LogP contribution in [-0.2, 0) is 19.1 Å². The molecule has 0 bridgehead atoms. The molecule has 0 radical (unpaired) electrons. The van der Waals surface area contributed by atoms with Crippen molar-refractivity contribution in [3.63, 3.8) is 0 Å². The number of carbonyl (C=O) groups excluding carboxylic acids is 4. The zero-order valence-corrected chi connectivity index (χ0v) is 26.6. The Labute approximate surface area is 255 Å². The van der Waals surface area contributed by atoms with Gasteiger partial charge < -0.3 is 14.8 Å². The normalized spacial score (nSPS) is 17.2. The highest BCUT2D eigenvalue weighted by Crippen LogP contribution is 2.39. The first-order valence-electron chi connectivity index (χ1n) is 14.1. The fourth-order valence-electron chi connectivity index (χ4n) is 4.91. The van der Waals surface area contributed by atoms with Crippen LogP contribution in [0.3, 0.4) is 0 Å². The van der Waals surface area contributed by atoms with Crippen LogP contribution in [0.2, 0.25) is 0 Å². The van der Waals surface area contributed by atoms with Crippen LogP contribution in [-0.4, -0.2) is 45.0 Å². The summed E-state index contributed by atoms with van der Waals surface area (Å²) < 4.78 is 11.9. The quantitative estimate of drug-likeness (QED) is 0.236. The molecule has 0 saturated carbocycles. The molecule has 1 aliphatic carbocycles. The highest BCUT2D eigenvalue weighted by molar-refractivity contribution is 7.16. The van der Waals surface area contributed by atoms with Crippen molar-refractivity contribution in [2.45, 2.75) is 85.4 Å². The number of aromatic nitrogens is 2. The van der Waals surface area contributed by atoms with E-state index in [-0.39, 0.29) is 17.4 Å². The Balaban J connectivity index is 1.56. The minimum absolute atomic E-state index is 0.0154. The van der Waals surface area contributed by atoms with Crippen LogP contribution in [0.1, 0.15) is 78.4 Å². The van der Waals surface area contributed by atoms with Crippen LogP contribution in [0.25, 0.3) is 10.2 Å². The maximum Gasteiger partial charge on any atom is 0.425 e. The first-order valence-corrected chi connectivity index (χ1v) is 15.0. The van der Waals surface area contributed by atoms with E-state index in [9.17, 15) is 19.2 Å². The number of fused-ring (bicyclic) bond motifs is 1. The van der Waals surface area contributed by atoms with Gasteiger partial charge in [0.2, 0.25) is 5.78 Å². The number of carbonyl (C=O) groups is 4. The van der Waals surface area contributed by atoms with E-state index in [2.05, 4.69) is 21.4 Å². The minimum atomic E-state index is -0.952. The molecule has 0 saturated heterocycles. The highest BCUT2D eigenvalue weighted by atomic mass is 32.1. The van der Waals surface area contributed by atoms with Gasteiger partial charge in [0.15, 0.2) is 5.82 Å². The average molecular weight is 607 g/mol. The number of allylic oxidation sites excluding steroid dienone is 2. The first kappa shape index (κ1) is 31.8. The number of ketones is 1. The van der Waals surface area contributed by atoms with Gasteiger partial charge in [-0.2, -0.15) is 4.90 Å². The fourth-order valence-corrected chi connectivity index (χ4v) is 5.57. The molecular formula is C32H38N4O6S. The van der Waals surface area contributed by atoms with E-state index in [1.807, 2.05) is 25.1 Å². The van der Waals surface area contributed by atoms with Gasteiger partial charge >= 0.3 is 12.2 Å². The summed E-state index contributed by atoms with van der Waals surface area (Å²) in [5.74, 6) is -2.00. The molecule has 2 unspecified atom stereocenters. The molecule has 228 valence electrons. The van der Waals surface area contributed by atoms with Gasteiger partial charge in [-0.25, -0.2) is 19.6 Å². The molecule has 4 rings (SSSR count). The number of amides is 3. The number of imide groups is 1. The molecule has 0 spiro atoms. The van der Waals surface area contributed by atoms with Crippen LogP contribution >= 0.6 is 11.3 Å². The molecular weight excluding hydrogens is 568 g/mol. The van der Waals surface area contributed by atoms with E-state index in [1.165, 1.54) is 12.3 Å². The molecule has 2 atom stereocenters. The van der Waals surface area contributed by atoms with E-state index in [0.717, 1.165) is 26.3 Å². The maximum absolute atomic E-state index is 13.5. The van der Waals surface area contributed by atoms with Crippen molar-refractivity contribution in [2.75, 3.05) is 10.2 Å². The molecule has 43 heavy (non-hydrogen) atoms. The maximum atomic E-state index is 13.5. The van der Waals surface area contributed by atoms with Crippen LogP contribution in [0.15, 0.2) is 47.6 Å². The summed E-state index contributed by atoms with van der Waals surface area (Å²) in [6.07, 6.45) is 2.62. The van der Waals surface area contributed by atoms with Gasteiger partial charge in [0, 0.05) is 5.92 Å². The number of anilines is 2. The number of hydrogen-bond acceptors (Lipinski definition) is 9. The Morgan fingerprint density at radius 1 is 0.953 bits per heavy atom. The number of nitrogens with one attached hydrogen (secondary N) is 1. The topological polar surface area (TPSA) is 128 Å². The average Bonchev–Trinajstić information content (AvgIpc) is 3.35. The summed E-state index contributed by atoms with van der Waals surface area (Å²) in [6, 6.07) is 7.54. The SMILES string of the molecule is CC1=CCC(c2ccc3scnc3c2)C(C(=O)C(=O)Nc2cnc(N(C(=O)OC(C)(C)C)C(=O)OC(C)(C)C)c(C)c2)C1. The number of hydrogen-bond donors (Lipinski definition) is 1. The highest BCUT2D eigenvalue weighted by Gasteiger charge is 2.37. The lowest BCUT2D eigenvalue weighted by molar-refractivity contribution is -0.137. The van der Waals surface area contributed by atoms with Crippen molar-refractivity contribution in [1.82, 2.24) is 9.97 Å². The number of pyridine rings is 1. The number of thiazole rings is 1. The molecule has 0 aliphatic heterocycles. The van der Waals surface area contributed by atoms with Gasteiger partial charge in [-0.15, -0.1) is 11.3 Å². The lowest BCUT2D eigenvalue weighted by Crippen LogP contribution is -2.44. The Morgan fingerprint density at radius 2 is 1.60 bits per heavy atom. The standard InChI is InChI=1S/C32H38N4O6S/c1-18-9-11-22(20-10-12-25-24(15-20)34-17-43-25)23(13-18)26(37)28(38)35-21-14-19(2)27(33-16-21)36(29(39)41-31(3,4)5)30(40)42-32(6,7)8/h9-10,12,14-17,22-23H,11,13H2,1-8H3,(H,35,38). The lowest BCUT2D eigenvalue weighted by atomic mass is 9.74. The summed E-state index contributed by atoms with van der Waals surface area (Å²) in [5.41, 5.74) is 3.56. The van der Waals surface area contributed by atoms with Gasteiger partial charge in [0.25, 0.3) is 5.91 Å². The largest absolute Gasteiger partial charge is 0.443 e. The molecule has 0 fully saturated rings. The lowest BCUT2D eigenvalue weighted by Gasteiger charge is -2.29. The van der Waals surface area contributed by atoms with Crippen molar-refractivity contribution in [2.24, 2.45) is 5.92 Å². The molecule has 11 heteroatoms. The third-order valence-corrected chi connectivity index (χ3v) is 7.57. The Morgan fingerprint density at radius 3 is 2.21 bits per heavy atom. The van der Waals surface area contributed by atoms with Crippen molar-refractivity contribution >= 4 is 56.9 Å². The molecule has 10 nitrogen and oxygen atoms in total. The number of nitrogens with zero attached hydrogens (tertiary/aromatic N) is 3. The zero-order chi connectivity index (χ0) is 31.7. The third-order valence-electron chi connectivity index (χ3n) is 6.76. The second kappa shape index (κ2) is 12.2. The van der Waals surface area contributed by atoms with E-state index < -0.39 is 41.0 Å². The second-order valence-electron chi connectivity index (χ2n) is 12.8. The Bertz CT molecular complexity index is 1570. The van der Waals surface area contributed by atoms with E-state index in [1.54, 1.807) is 65.3 Å². The molecule has 3 amide bonds. The number of aryl methyl sites for hydroxylation is 1. The van der Waals surface area contributed by atoms with Crippen LogP contribution in [0.5, 0.6) is 0 Å². The number of Topliss-reactive ketones (excluding diaryl/α,β-unsaturated/α-hetero) is 1. The Kier molecular flexibility index (Phi) is 9.05. The van der Waals surface area contributed by atoms with Crippen molar-refractivity contribution < 1.29 is 28.7 Å². The summed E-state index contributed by atoms with van der Waals surface area (Å²) in [4.78, 5) is 62.3. The molecule has 1 aromatic carbocycles. The van der Waals surface area contributed by atoms with Gasteiger partial charge in [-0.3, -0.25) is 9.59 Å². The third kappa shape index (κ3) is 7.84. The molecule has 3 aromatic rings. The molecule has 1 aliphatic rings. The smallest absolute Gasteiger partial charge is 0.425 e. The van der Waals surface area contributed by atoms with E-state index >= 15 is 0 Å². The summed E-state index contributed by atoms with van der Waals surface area (Å²) in [6.45, 7) is 13.7. The van der Waals surface area contributed by atoms with Crippen LogP contribution in [0.4, 0.5) is 21.1 Å². The molecule has 2 aromatic heterocycles. The summed E-state index contributed by atoms with van der Waals surface area (Å²) in [5, 5.41) is 2.66. The molecule has 1 N–H and O–H groups in total. The second-order valence-corrected chi connectivity index (χ2v) is 13.6. The van der Waals surface area contributed by atoms with Gasteiger partial charge in [-0.05, 0) is 103 Å². The predicted octanol–water partition coefficient (Wildman–Crippen LogP) is 7.32. The van der Waals surface area contributed by atoms with E-state index in [4.69, 9.17) is 9.47 Å². The zero-order valence-electron chi connectivity index (χ0n) is 25.8. The number of rotatable bonds is 5. The minimum Gasteiger partial charge on any atom is -0.443 e. The van der Waals surface area contributed by atoms with Crippen molar-refractivity contribution in [3.8, 4) is 0 Å². The first-order chi connectivity index (χ1) is 20.0. The Hall–Kier alpha value is -4.12. The number of benzene rings is 1.